The number of aromatic nitrogens is 2. The second kappa shape index (κ2) is 7.58. The van der Waals surface area contributed by atoms with Crippen molar-refractivity contribution in [3.63, 3.8) is 0 Å². The Labute approximate surface area is 159 Å². The third kappa shape index (κ3) is 4.50. The van der Waals surface area contributed by atoms with E-state index >= 15 is 0 Å². The maximum absolute atomic E-state index is 12.6. The van der Waals surface area contributed by atoms with Crippen LogP contribution in [0.25, 0.3) is 0 Å². The van der Waals surface area contributed by atoms with Crippen molar-refractivity contribution in [2.45, 2.75) is 34.6 Å². The first-order valence-corrected chi connectivity index (χ1v) is 8.88. The third-order valence-electron chi connectivity index (χ3n) is 4.31. The molecule has 0 unspecified atom stereocenters. The SMILES string of the molecule is Cc1cc(C)cc(Nc2ncc(C(=O)Nc3c(C)cc(C)cc3C)cn2)c1. The Morgan fingerprint density at radius 2 is 1.30 bits per heavy atom. The molecular formula is C22H24N4O. The number of rotatable bonds is 4. The molecule has 1 aromatic heterocycles. The predicted molar refractivity (Wildman–Crippen MR) is 110 cm³/mol. The molecule has 2 aromatic carbocycles. The van der Waals surface area contributed by atoms with Crippen LogP contribution in [0.5, 0.6) is 0 Å². The summed E-state index contributed by atoms with van der Waals surface area (Å²) in [6.07, 6.45) is 3.07. The van der Waals surface area contributed by atoms with E-state index in [1.165, 1.54) is 18.0 Å². The maximum atomic E-state index is 12.6. The average molecular weight is 360 g/mol. The summed E-state index contributed by atoms with van der Waals surface area (Å²) in [5, 5.41) is 6.14. The monoisotopic (exact) mass is 360 g/mol. The predicted octanol–water partition coefficient (Wildman–Crippen LogP) is 5.01. The summed E-state index contributed by atoms with van der Waals surface area (Å²) >= 11 is 0. The van der Waals surface area contributed by atoms with Gasteiger partial charge in [0.25, 0.3) is 5.91 Å². The highest BCUT2D eigenvalue weighted by molar-refractivity contribution is 6.04. The molecule has 0 aliphatic rings. The number of carbonyl (C=O) groups excluding carboxylic acids is 1. The van der Waals surface area contributed by atoms with Gasteiger partial charge >= 0.3 is 0 Å². The largest absolute Gasteiger partial charge is 0.324 e. The lowest BCUT2D eigenvalue weighted by atomic mass is 10.0. The summed E-state index contributed by atoms with van der Waals surface area (Å²) in [5.41, 5.74) is 7.76. The van der Waals surface area contributed by atoms with Gasteiger partial charge in [0, 0.05) is 23.8 Å². The third-order valence-corrected chi connectivity index (χ3v) is 4.31. The van der Waals surface area contributed by atoms with Crippen molar-refractivity contribution in [1.29, 1.82) is 0 Å². The summed E-state index contributed by atoms with van der Waals surface area (Å²) in [6.45, 7) is 10.1. The fraction of sp³-hybridized carbons (Fsp3) is 0.227. The van der Waals surface area contributed by atoms with E-state index in [9.17, 15) is 4.79 Å². The molecule has 0 atom stereocenters. The Bertz CT molecular complexity index is 950. The zero-order chi connectivity index (χ0) is 19.6. The van der Waals surface area contributed by atoms with Crippen molar-refractivity contribution in [2.75, 3.05) is 10.6 Å². The topological polar surface area (TPSA) is 66.9 Å². The molecule has 0 aliphatic heterocycles. The molecule has 0 spiro atoms. The van der Waals surface area contributed by atoms with Gasteiger partial charge in [-0.3, -0.25) is 4.79 Å². The van der Waals surface area contributed by atoms with Crippen LogP contribution in [0.2, 0.25) is 0 Å². The molecule has 2 N–H and O–H groups in total. The van der Waals surface area contributed by atoms with Crippen molar-refractivity contribution in [3.05, 3.63) is 76.1 Å². The van der Waals surface area contributed by atoms with Crippen LogP contribution in [0.15, 0.2) is 42.7 Å². The molecule has 3 rings (SSSR count). The molecular weight excluding hydrogens is 336 g/mol. The second-order valence-corrected chi connectivity index (χ2v) is 7.02. The Morgan fingerprint density at radius 3 is 1.85 bits per heavy atom. The van der Waals surface area contributed by atoms with E-state index in [1.54, 1.807) is 0 Å². The Morgan fingerprint density at radius 1 is 0.778 bits per heavy atom. The number of aryl methyl sites for hydroxylation is 5. The summed E-state index contributed by atoms with van der Waals surface area (Å²) in [5.74, 6) is 0.238. The van der Waals surface area contributed by atoms with Crippen LogP contribution < -0.4 is 10.6 Å². The number of carbonyl (C=O) groups is 1. The maximum Gasteiger partial charge on any atom is 0.258 e. The minimum Gasteiger partial charge on any atom is -0.324 e. The quantitative estimate of drug-likeness (QED) is 0.686. The van der Waals surface area contributed by atoms with Crippen molar-refractivity contribution in [2.24, 2.45) is 0 Å². The molecule has 0 saturated carbocycles. The summed E-state index contributed by atoms with van der Waals surface area (Å²) < 4.78 is 0. The van der Waals surface area contributed by atoms with Gasteiger partial charge in [-0.2, -0.15) is 0 Å². The lowest BCUT2D eigenvalue weighted by Gasteiger charge is -2.13. The highest BCUT2D eigenvalue weighted by Crippen LogP contribution is 2.23. The van der Waals surface area contributed by atoms with E-state index in [0.717, 1.165) is 33.6 Å². The number of benzene rings is 2. The van der Waals surface area contributed by atoms with Crippen LogP contribution >= 0.6 is 0 Å². The van der Waals surface area contributed by atoms with Gasteiger partial charge in [0.1, 0.15) is 0 Å². The summed E-state index contributed by atoms with van der Waals surface area (Å²) in [6, 6.07) is 10.3. The van der Waals surface area contributed by atoms with Crippen LogP contribution in [0.4, 0.5) is 17.3 Å². The number of hydrogen-bond donors (Lipinski definition) is 2. The zero-order valence-electron chi connectivity index (χ0n) is 16.3. The van der Waals surface area contributed by atoms with Crippen LogP contribution in [-0.2, 0) is 0 Å². The van der Waals surface area contributed by atoms with E-state index in [-0.39, 0.29) is 5.91 Å². The summed E-state index contributed by atoms with van der Waals surface area (Å²) in [4.78, 5) is 21.1. The summed E-state index contributed by atoms with van der Waals surface area (Å²) in [7, 11) is 0. The highest BCUT2D eigenvalue weighted by Gasteiger charge is 2.11. The number of anilines is 3. The van der Waals surface area contributed by atoms with Crippen molar-refractivity contribution >= 4 is 23.2 Å². The zero-order valence-corrected chi connectivity index (χ0v) is 16.3. The van der Waals surface area contributed by atoms with Gasteiger partial charge in [-0.15, -0.1) is 0 Å². The number of hydrogen-bond acceptors (Lipinski definition) is 4. The Balaban J connectivity index is 1.74. The minimum absolute atomic E-state index is 0.219. The molecule has 0 bridgehead atoms. The van der Waals surface area contributed by atoms with E-state index < -0.39 is 0 Å². The van der Waals surface area contributed by atoms with Crippen LogP contribution in [-0.4, -0.2) is 15.9 Å². The Hall–Kier alpha value is -3.21. The van der Waals surface area contributed by atoms with Gasteiger partial charge in [0.2, 0.25) is 5.95 Å². The first kappa shape index (κ1) is 18.6. The minimum atomic E-state index is -0.219. The first-order valence-electron chi connectivity index (χ1n) is 8.88. The Kier molecular flexibility index (Phi) is 5.21. The molecule has 0 fully saturated rings. The molecule has 27 heavy (non-hydrogen) atoms. The smallest absolute Gasteiger partial charge is 0.258 e. The molecule has 0 radical (unpaired) electrons. The molecule has 1 amide bonds. The van der Waals surface area contributed by atoms with Crippen molar-refractivity contribution < 1.29 is 4.79 Å². The van der Waals surface area contributed by atoms with E-state index in [4.69, 9.17) is 0 Å². The molecule has 1 heterocycles. The van der Waals surface area contributed by atoms with Crippen LogP contribution in [0.1, 0.15) is 38.2 Å². The van der Waals surface area contributed by atoms with Gasteiger partial charge in [-0.05, 0) is 69.0 Å². The van der Waals surface area contributed by atoms with Crippen LogP contribution in [0.3, 0.4) is 0 Å². The van der Waals surface area contributed by atoms with Crippen molar-refractivity contribution in [3.8, 4) is 0 Å². The fourth-order valence-corrected chi connectivity index (χ4v) is 3.25. The fourth-order valence-electron chi connectivity index (χ4n) is 3.25. The standard InChI is InChI=1S/C22H24N4O/c1-13-6-14(2)10-19(9-13)25-22-23-11-18(12-24-22)21(27)26-20-16(4)7-15(3)8-17(20)5/h6-12H,1-5H3,(H,26,27)(H,23,24,25). The first-order chi connectivity index (χ1) is 12.8. The average Bonchev–Trinajstić information content (AvgIpc) is 2.57. The van der Waals surface area contributed by atoms with Gasteiger partial charge < -0.3 is 10.6 Å². The van der Waals surface area contributed by atoms with E-state index in [2.05, 4.69) is 38.8 Å². The molecule has 0 aliphatic carbocycles. The normalized spacial score (nSPS) is 10.6. The number of nitrogens with one attached hydrogen (secondary N) is 2. The van der Waals surface area contributed by atoms with Gasteiger partial charge in [-0.1, -0.05) is 23.8 Å². The lowest BCUT2D eigenvalue weighted by molar-refractivity contribution is 0.102. The highest BCUT2D eigenvalue weighted by atomic mass is 16.1. The van der Waals surface area contributed by atoms with Crippen LogP contribution in [0, 0.1) is 34.6 Å². The molecule has 0 saturated heterocycles. The molecule has 5 heteroatoms. The molecule has 138 valence electrons. The van der Waals surface area contributed by atoms with E-state index in [1.807, 2.05) is 46.8 Å². The molecule has 3 aromatic rings. The molecule has 5 nitrogen and oxygen atoms in total. The van der Waals surface area contributed by atoms with Crippen molar-refractivity contribution in [1.82, 2.24) is 9.97 Å². The van der Waals surface area contributed by atoms with E-state index in [0.29, 0.717) is 11.5 Å². The van der Waals surface area contributed by atoms with Gasteiger partial charge in [0.05, 0.1) is 5.56 Å². The lowest BCUT2D eigenvalue weighted by Crippen LogP contribution is -2.15. The second-order valence-electron chi connectivity index (χ2n) is 7.02. The number of nitrogens with zero attached hydrogens (tertiary/aromatic N) is 2. The van der Waals surface area contributed by atoms with Gasteiger partial charge in [-0.25, -0.2) is 9.97 Å². The van der Waals surface area contributed by atoms with Gasteiger partial charge in [0.15, 0.2) is 0 Å². The number of amides is 1.